The van der Waals surface area contributed by atoms with E-state index in [-0.39, 0.29) is 18.3 Å². The Morgan fingerprint density at radius 3 is 2.76 bits per heavy atom. The van der Waals surface area contributed by atoms with Crippen molar-refractivity contribution in [3.63, 3.8) is 0 Å². The molecule has 17 heavy (non-hydrogen) atoms. The molecule has 0 saturated heterocycles. The van der Waals surface area contributed by atoms with Crippen LogP contribution in [0, 0.1) is 5.92 Å². The van der Waals surface area contributed by atoms with Crippen LogP contribution in [-0.2, 0) is 16.1 Å². The number of esters is 1. The predicted octanol–water partition coefficient (Wildman–Crippen LogP) is 0.372. The summed E-state index contributed by atoms with van der Waals surface area (Å²) in [5.41, 5.74) is 4.98. The van der Waals surface area contributed by atoms with E-state index in [1.165, 1.54) is 0 Å². The van der Waals surface area contributed by atoms with Gasteiger partial charge in [0.25, 0.3) is 0 Å². The quantitative estimate of drug-likeness (QED) is 0.738. The van der Waals surface area contributed by atoms with E-state index in [1.807, 2.05) is 0 Å². The first-order chi connectivity index (χ1) is 7.91. The number of hydrogen-bond acceptors (Lipinski definition) is 6. The number of aromatic hydroxyl groups is 1. The zero-order valence-corrected chi connectivity index (χ0v) is 9.67. The molecule has 0 saturated carbocycles. The summed E-state index contributed by atoms with van der Waals surface area (Å²) in [6.07, 6.45) is 0.897. The van der Waals surface area contributed by atoms with E-state index in [0.29, 0.717) is 0 Å². The first kappa shape index (κ1) is 13.2. The number of rotatable bonds is 4. The maximum atomic E-state index is 11.4. The second-order valence-corrected chi connectivity index (χ2v) is 3.97. The van der Waals surface area contributed by atoms with Crippen molar-refractivity contribution >= 4 is 5.97 Å². The molecule has 0 aliphatic heterocycles. The van der Waals surface area contributed by atoms with Gasteiger partial charge in [-0.05, 0) is 5.92 Å². The summed E-state index contributed by atoms with van der Waals surface area (Å²) < 4.78 is 9.73. The van der Waals surface area contributed by atoms with Crippen molar-refractivity contribution in [1.82, 2.24) is 0 Å². The molecule has 3 N–H and O–H groups in total. The average molecular weight is 241 g/mol. The molecule has 0 spiro atoms. The summed E-state index contributed by atoms with van der Waals surface area (Å²) in [7, 11) is 0. The molecule has 1 atom stereocenters. The van der Waals surface area contributed by atoms with Crippen LogP contribution in [0.25, 0.3) is 0 Å². The van der Waals surface area contributed by atoms with Gasteiger partial charge in [0.2, 0.25) is 5.43 Å². The van der Waals surface area contributed by atoms with E-state index < -0.39 is 23.2 Å². The fourth-order valence-electron chi connectivity index (χ4n) is 1.03. The van der Waals surface area contributed by atoms with Crippen LogP contribution in [0.5, 0.6) is 5.75 Å². The van der Waals surface area contributed by atoms with Gasteiger partial charge in [-0.3, -0.25) is 9.59 Å². The molecule has 0 aromatic carbocycles. The first-order valence-electron chi connectivity index (χ1n) is 5.14. The maximum absolute atomic E-state index is 11.4. The molecule has 0 radical (unpaired) electrons. The van der Waals surface area contributed by atoms with E-state index in [4.69, 9.17) is 20.0 Å². The van der Waals surface area contributed by atoms with Gasteiger partial charge in [-0.2, -0.15) is 0 Å². The van der Waals surface area contributed by atoms with Crippen LogP contribution in [0.2, 0.25) is 0 Å². The van der Waals surface area contributed by atoms with Crippen LogP contribution >= 0.6 is 0 Å². The van der Waals surface area contributed by atoms with Crippen molar-refractivity contribution in [1.29, 1.82) is 0 Å². The largest absolute Gasteiger partial charge is 0.502 e. The standard InChI is InChI=1S/C11H15NO5/c1-6(2)10(12)11(15)17-4-7-3-8(13)9(14)5-16-7/h3,5-6,10,14H,4,12H2,1-2H3/t10-/m0/s1. The predicted molar refractivity (Wildman–Crippen MR) is 59.3 cm³/mol. The van der Waals surface area contributed by atoms with Gasteiger partial charge in [-0.1, -0.05) is 13.8 Å². The van der Waals surface area contributed by atoms with Crippen molar-refractivity contribution in [2.45, 2.75) is 26.5 Å². The number of carbonyl (C=O) groups is 1. The van der Waals surface area contributed by atoms with Gasteiger partial charge in [0.1, 0.15) is 24.7 Å². The van der Waals surface area contributed by atoms with Crippen LogP contribution < -0.4 is 11.2 Å². The molecule has 94 valence electrons. The lowest BCUT2D eigenvalue weighted by atomic mass is 10.1. The Morgan fingerprint density at radius 2 is 2.24 bits per heavy atom. The first-order valence-corrected chi connectivity index (χ1v) is 5.14. The van der Waals surface area contributed by atoms with Crippen LogP contribution in [0.3, 0.4) is 0 Å². The summed E-state index contributed by atoms with van der Waals surface area (Å²) >= 11 is 0. The van der Waals surface area contributed by atoms with E-state index in [0.717, 1.165) is 12.3 Å². The fourth-order valence-corrected chi connectivity index (χ4v) is 1.03. The van der Waals surface area contributed by atoms with Crippen molar-refractivity contribution in [2.24, 2.45) is 11.7 Å². The second kappa shape index (κ2) is 5.49. The van der Waals surface area contributed by atoms with E-state index in [9.17, 15) is 9.59 Å². The van der Waals surface area contributed by atoms with Crippen molar-refractivity contribution in [3.05, 3.63) is 28.3 Å². The molecule has 0 aliphatic rings. The average Bonchev–Trinajstić information content (AvgIpc) is 2.29. The molecule has 0 aliphatic carbocycles. The minimum atomic E-state index is -0.709. The van der Waals surface area contributed by atoms with Crippen LogP contribution in [0.1, 0.15) is 19.6 Å². The van der Waals surface area contributed by atoms with Crippen molar-refractivity contribution in [3.8, 4) is 5.75 Å². The number of carbonyl (C=O) groups excluding carboxylic acids is 1. The van der Waals surface area contributed by atoms with E-state index in [2.05, 4.69) is 0 Å². The highest BCUT2D eigenvalue weighted by atomic mass is 16.5. The highest BCUT2D eigenvalue weighted by Gasteiger charge is 2.19. The van der Waals surface area contributed by atoms with Gasteiger partial charge >= 0.3 is 5.97 Å². The third-order valence-corrected chi connectivity index (χ3v) is 2.21. The fraction of sp³-hybridized carbons (Fsp3) is 0.455. The molecule has 1 aromatic heterocycles. The minimum Gasteiger partial charge on any atom is -0.502 e. The van der Waals surface area contributed by atoms with Gasteiger partial charge < -0.3 is 20.0 Å². The van der Waals surface area contributed by atoms with Crippen LogP contribution in [0.4, 0.5) is 0 Å². The van der Waals surface area contributed by atoms with Gasteiger partial charge in [0.15, 0.2) is 5.75 Å². The lowest BCUT2D eigenvalue weighted by Crippen LogP contribution is -2.36. The minimum absolute atomic E-state index is 0.0330. The Bertz CT molecular complexity index is 451. The molecule has 0 bridgehead atoms. The molecular formula is C11H15NO5. The highest BCUT2D eigenvalue weighted by Crippen LogP contribution is 2.06. The Labute approximate surface area is 98.0 Å². The zero-order valence-electron chi connectivity index (χ0n) is 9.67. The van der Waals surface area contributed by atoms with Gasteiger partial charge in [-0.25, -0.2) is 0 Å². The van der Waals surface area contributed by atoms with Crippen molar-refractivity contribution in [2.75, 3.05) is 0 Å². The molecule has 0 amide bonds. The lowest BCUT2D eigenvalue weighted by molar-refractivity contribution is -0.148. The van der Waals surface area contributed by atoms with Crippen LogP contribution in [-0.4, -0.2) is 17.1 Å². The Hall–Kier alpha value is -1.82. The van der Waals surface area contributed by atoms with E-state index >= 15 is 0 Å². The van der Waals surface area contributed by atoms with Gasteiger partial charge in [0, 0.05) is 6.07 Å². The zero-order chi connectivity index (χ0) is 13.0. The Kier molecular flexibility index (Phi) is 4.28. The van der Waals surface area contributed by atoms with Crippen LogP contribution in [0.15, 0.2) is 21.5 Å². The van der Waals surface area contributed by atoms with Crippen molar-refractivity contribution < 1.29 is 19.1 Å². The third-order valence-electron chi connectivity index (χ3n) is 2.21. The topological polar surface area (TPSA) is 103 Å². The maximum Gasteiger partial charge on any atom is 0.323 e. The molecule has 0 fully saturated rings. The molecule has 0 unspecified atom stereocenters. The highest BCUT2D eigenvalue weighted by molar-refractivity contribution is 5.75. The third kappa shape index (κ3) is 3.60. The molecule has 6 heteroatoms. The summed E-state index contributed by atoms with van der Waals surface area (Å²) in [4.78, 5) is 22.4. The lowest BCUT2D eigenvalue weighted by Gasteiger charge is -2.13. The van der Waals surface area contributed by atoms with Gasteiger partial charge in [0.05, 0.1) is 0 Å². The Morgan fingerprint density at radius 1 is 1.59 bits per heavy atom. The van der Waals surface area contributed by atoms with E-state index in [1.54, 1.807) is 13.8 Å². The number of nitrogens with two attached hydrogens (primary N) is 1. The molecule has 6 nitrogen and oxygen atoms in total. The normalized spacial score (nSPS) is 12.5. The number of hydrogen-bond donors (Lipinski definition) is 2. The molecule has 1 rings (SSSR count). The monoisotopic (exact) mass is 241 g/mol. The molecule has 1 heterocycles. The molecule has 1 aromatic rings. The summed E-state index contributed by atoms with van der Waals surface area (Å²) in [6.45, 7) is 3.41. The summed E-state index contributed by atoms with van der Waals surface area (Å²) in [5.74, 6) is -0.930. The SMILES string of the molecule is CC(C)[C@H](N)C(=O)OCc1cc(=O)c(O)co1. The summed E-state index contributed by atoms with van der Waals surface area (Å²) in [6, 6.07) is 0.350. The Balaban J connectivity index is 2.59. The van der Waals surface area contributed by atoms with Gasteiger partial charge in [-0.15, -0.1) is 0 Å². The summed E-state index contributed by atoms with van der Waals surface area (Å²) in [5, 5.41) is 8.95. The second-order valence-electron chi connectivity index (χ2n) is 3.97. The number of ether oxygens (including phenoxy) is 1. The smallest absolute Gasteiger partial charge is 0.323 e. The molecular weight excluding hydrogens is 226 g/mol.